The van der Waals surface area contributed by atoms with Crippen molar-refractivity contribution >= 4 is 16.8 Å². The van der Waals surface area contributed by atoms with Crippen molar-refractivity contribution < 1.29 is 9.53 Å². The standard InChI is InChI=1S/C19H28N2O2/c1-12(2)10-21-19(22)9-15(13(3)4)17-11-20-18-7-6-14(23-5)8-16(17)18/h6-8,11-13,15,20H,9-10H2,1-5H3,(H,21,22). The number of H-pyrrole nitrogens is 1. The zero-order valence-corrected chi connectivity index (χ0v) is 14.8. The third kappa shape index (κ3) is 4.27. The molecule has 0 aliphatic rings. The van der Waals surface area contributed by atoms with E-state index in [0.717, 1.165) is 23.2 Å². The van der Waals surface area contributed by atoms with E-state index >= 15 is 0 Å². The lowest BCUT2D eigenvalue weighted by atomic mass is 9.85. The zero-order valence-electron chi connectivity index (χ0n) is 14.8. The Balaban J connectivity index is 2.25. The van der Waals surface area contributed by atoms with E-state index in [2.05, 4.69) is 38.0 Å². The highest BCUT2D eigenvalue weighted by atomic mass is 16.5. The smallest absolute Gasteiger partial charge is 0.220 e. The molecule has 1 amide bonds. The van der Waals surface area contributed by atoms with Crippen molar-refractivity contribution in [3.8, 4) is 5.75 Å². The number of ether oxygens (including phenoxy) is 1. The van der Waals surface area contributed by atoms with Crippen LogP contribution in [-0.2, 0) is 4.79 Å². The van der Waals surface area contributed by atoms with Gasteiger partial charge in [0.2, 0.25) is 5.91 Å². The van der Waals surface area contributed by atoms with E-state index in [4.69, 9.17) is 4.74 Å². The maximum atomic E-state index is 12.3. The summed E-state index contributed by atoms with van der Waals surface area (Å²) in [5.41, 5.74) is 2.27. The molecule has 2 N–H and O–H groups in total. The van der Waals surface area contributed by atoms with Gasteiger partial charge >= 0.3 is 0 Å². The van der Waals surface area contributed by atoms with E-state index in [1.807, 2.05) is 24.4 Å². The van der Waals surface area contributed by atoms with Gasteiger partial charge in [-0.05, 0) is 41.5 Å². The van der Waals surface area contributed by atoms with Gasteiger partial charge in [0, 0.05) is 30.1 Å². The van der Waals surface area contributed by atoms with Gasteiger partial charge in [-0.3, -0.25) is 4.79 Å². The van der Waals surface area contributed by atoms with Crippen LogP contribution in [-0.4, -0.2) is 24.5 Å². The molecule has 4 heteroatoms. The molecule has 0 aliphatic heterocycles. The second kappa shape index (κ2) is 7.53. The van der Waals surface area contributed by atoms with E-state index in [1.54, 1.807) is 7.11 Å². The van der Waals surface area contributed by atoms with E-state index < -0.39 is 0 Å². The van der Waals surface area contributed by atoms with Crippen LogP contribution in [0.5, 0.6) is 5.75 Å². The number of carbonyl (C=O) groups excluding carboxylic acids is 1. The first-order valence-electron chi connectivity index (χ1n) is 8.34. The number of hydrogen-bond donors (Lipinski definition) is 2. The van der Waals surface area contributed by atoms with E-state index in [1.165, 1.54) is 5.56 Å². The summed E-state index contributed by atoms with van der Waals surface area (Å²) in [5, 5.41) is 4.16. The molecule has 0 radical (unpaired) electrons. The lowest BCUT2D eigenvalue weighted by Gasteiger charge is -2.20. The second-order valence-electron chi connectivity index (χ2n) is 6.91. The number of fused-ring (bicyclic) bond motifs is 1. The molecular weight excluding hydrogens is 288 g/mol. The number of rotatable bonds is 7. The molecule has 4 nitrogen and oxygen atoms in total. The van der Waals surface area contributed by atoms with E-state index in [0.29, 0.717) is 18.3 Å². The number of hydrogen-bond acceptors (Lipinski definition) is 2. The van der Waals surface area contributed by atoms with Crippen LogP contribution in [0.2, 0.25) is 0 Å². The summed E-state index contributed by atoms with van der Waals surface area (Å²) in [6.45, 7) is 9.27. The topological polar surface area (TPSA) is 54.1 Å². The van der Waals surface area contributed by atoms with Crippen LogP contribution in [0.3, 0.4) is 0 Å². The first-order chi connectivity index (χ1) is 10.9. The summed E-state index contributed by atoms with van der Waals surface area (Å²) >= 11 is 0. The lowest BCUT2D eigenvalue weighted by Crippen LogP contribution is -2.29. The van der Waals surface area contributed by atoms with Crippen LogP contribution in [0.1, 0.15) is 45.6 Å². The SMILES string of the molecule is COc1ccc2[nH]cc(C(CC(=O)NCC(C)C)C(C)C)c2c1. The van der Waals surface area contributed by atoms with Crippen molar-refractivity contribution in [2.45, 2.75) is 40.0 Å². The van der Waals surface area contributed by atoms with Crippen molar-refractivity contribution in [2.75, 3.05) is 13.7 Å². The number of amides is 1. The molecule has 1 aromatic carbocycles. The second-order valence-corrected chi connectivity index (χ2v) is 6.91. The Morgan fingerprint density at radius 3 is 2.61 bits per heavy atom. The number of carbonyl (C=O) groups is 1. The fraction of sp³-hybridized carbons (Fsp3) is 0.526. The molecule has 1 atom stereocenters. The molecule has 1 aromatic heterocycles. The summed E-state index contributed by atoms with van der Waals surface area (Å²) < 4.78 is 5.34. The maximum Gasteiger partial charge on any atom is 0.220 e. The van der Waals surface area contributed by atoms with Crippen molar-refractivity contribution in [2.24, 2.45) is 11.8 Å². The molecule has 0 saturated carbocycles. The average molecular weight is 316 g/mol. The minimum Gasteiger partial charge on any atom is -0.497 e. The Bertz CT molecular complexity index is 658. The summed E-state index contributed by atoms with van der Waals surface area (Å²) in [6.07, 6.45) is 2.54. The largest absolute Gasteiger partial charge is 0.497 e. The third-order valence-electron chi connectivity index (χ3n) is 4.24. The first kappa shape index (κ1) is 17.4. The highest BCUT2D eigenvalue weighted by Crippen LogP contribution is 2.34. The minimum atomic E-state index is 0.120. The van der Waals surface area contributed by atoms with Gasteiger partial charge in [-0.15, -0.1) is 0 Å². The highest BCUT2D eigenvalue weighted by Gasteiger charge is 2.22. The van der Waals surface area contributed by atoms with Gasteiger partial charge < -0.3 is 15.0 Å². The van der Waals surface area contributed by atoms with Gasteiger partial charge in [0.25, 0.3) is 0 Å². The molecular formula is C19H28N2O2. The van der Waals surface area contributed by atoms with E-state index in [-0.39, 0.29) is 11.8 Å². The van der Waals surface area contributed by atoms with Gasteiger partial charge in [0.1, 0.15) is 5.75 Å². The number of aromatic amines is 1. The molecule has 0 spiro atoms. The van der Waals surface area contributed by atoms with Crippen LogP contribution in [0, 0.1) is 11.8 Å². The quantitative estimate of drug-likeness (QED) is 0.808. The average Bonchev–Trinajstić information content (AvgIpc) is 2.92. The number of nitrogens with one attached hydrogen (secondary N) is 2. The fourth-order valence-corrected chi connectivity index (χ4v) is 2.85. The Kier molecular flexibility index (Phi) is 5.69. The van der Waals surface area contributed by atoms with Crippen LogP contribution in [0.4, 0.5) is 0 Å². The monoisotopic (exact) mass is 316 g/mol. The van der Waals surface area contributed by atoms with Crippen LogP contribution in [0.15, 0.2) is 24.4 Å². The normalized spacial score (nSPS) is 12.8. The number of aromatic nitrogens is 1. The van der Waals surface area contributed by atoms with Gasteiger partial charge in [0.15, 0.2) is 0 Å². The van der Waals surface area contributed by atoms with Crippen molar-refractivity contribution in [3.05, 3.63) is 30.0 Å². The minimum absolute atomic E-state index is 0.120. The molecule has 1 unspecified atom stereocenters. The Morgan fingerprint density at radius 2 is 2.00 bits per heavy atom. The van der Waals surface area contributed by atoms with Crippen molar-refractivity contribution in [3.63, 3.8) is 0 Å². The van der Waals surface area contributed by atoms with Crippen LogP contribution in [0.25, 0.3) is 10.9 Å². The summed E-state index contributed by atoms with van der Waals surface area (Å²) in [5.74, 6) is 1.99. The van der Waals surface area contributed by atoms with Crippen LogP contribution < -0.4 is 10.1 Å². The zero-order chi connectivity index (χ0) is 17.0. The molecule has 2 rings (SSSR count). The third-order valence-corrected chi connectivity index (χ3v) is 4.24. The Morgan fingerprint density at radius 1 is 1.26 bits per heavy atom. The van der Waals surface area contributed by atoms with Crippen molar-refractivity contribution in [1.82, 2.24) is 10.3 Å². The van der Waals surface area contributed by atoms with Crippen LogP contribution >= 0.6 is 0 Å². The highest BCUT2D eigenvalue weighted by molar-refractivity contribution is 5.86. The molecule has 0 bridgehead atoms. The van der Waals surface area contributed by atoms with E-state index in [9.17, 15) is 4.79 Å². The van der Waals surface area contributed by atoms with Gasteiger partial charge in [-0.2, -0.15) is 0 Å². The molecule has 0 fully saturated rings. The molecule has 2 aromatic rings. The first-order valence-corrected chi connectivity index (χ1v) is 8.34. The van der Waals surface area contributed by atoms with Crippen molar-refractivity contribution in [1.29, 1.82) is 0 Å². The molecule has 23 heavy (non-hydrogen) atoms. The number of methoxy groups -OCH3 is 1. The molecule has 0 saturated heterocycles. The number of benzene rings is 1. The lowest BCUT2D eigenvalue weighted by molar-refractivity contribution is -0.121. The predicted octanol–water partition coefficient (Wildman–Crippen LogP) is 4.08. The van der Waals surface area contributed by atoms with Gasteiger partial charge in [0.05, 0.1) is 7.11 Å². The van der Waals surface area contributed by atoms with Gasteiger partial charge in [-0.1, -0.05) is 27.7 Å². The Hall–Kier alpha value is -1.97. The molecule has 126 valence electrons. The summed E-state index contributed by atoms with van der Waals surface area (Å²) in [4.78, 5) is 15.6. The fourth-order valence-electron chi connectivity index (χ4n) is 2.85. The summed E-state index contributed by atoms with van der Waals surface area (Å²) in [6, 6.07) is 6.01. The predicted molar refractivity (Wildman–Crippen MR) is 94.9 cm³/mol. The Labute approximate surface area is 138 Å². The maximum absolute atomic E-state index is 12.3. The molecule has 1 heterocycles. The van der Waals surface area contributed by atoms with Gasteiger partial charge in [-0.25, -0.2) is 0 Å². The molecule has 0 aliphatic carbocycles. The summed E-state index contributed by atoms with van der Waals surface area (Å²) in [7, 11) is 1.67.